The Morgan fingerprint density at radius 3 is 2.36 bits per heavy atom. The van der Waals surface area contributed by atoms with Crippen LogP contribution in [0.1, 0.15) is 54.9 Å². The van der Waals surface area contributed by atoms with Crippen molar-refractivity contribution in [3.05, 3.63) is 82.9 Å². The summed E-state index contributed by atoms with van der Waals surface area (Å²) in [7, 11) is 0. The van der Waals surface area contributed by atoms with Crippen LogP contribution in [0.4, 0.5) is 10.1 Å². The first-order valence-corrected chi connectivity index (χ1v) is 11.7. The lowest BCUT2D eigenvalue weighted by atomic mass is 9.90. The second-order valence-corrected chi connectivity index (χ2v) is 8.75. The Kier molecular flexibility index (Phi) is 7.19. The minimum Gasteiger partial charge on any atom is -0.307 e. The van der Waals surface area contributed by atoms with Gasteiger partial charge in [-0.3, -0.25) is 9.59 Å². The van der Waals surface area contributed by atoms with Crippen molar-refractivity contribution in [1.29, 1.82) is 0 Å². The van der Waals surface area contributed by atoms with E-state index >= 15 is 4.39 Å². The Morgan fingerprint density at radius 1 is 1.06 bits per heavy atom. The summed E-state index contributed by atoms with van der Waals surface area (Å²) in [4.78, 5) is 30.6. The highest BCUT2D eigenvalue weighted by atomic mass is 35.5. The smallest absolute Gasteiger partial charge is 0.227 e. The first kappa shape index (κ1) is 23.1. The number of nitrogens with zero attached hydrogens (tertiary/aromatic N) is 2. The van der Waals surface area contributed by atoms with E-state index in [0.717, 1.165) is 30.4 Å². The van der Waals surface area contributed by atoms with Crippen LogP contribution in [0.15, 0.2) is 60.8 Å². The molecule has 6 heteroatoms. The van der Waals surface area contributed by atoms with Gasteiger partial charge < -0.3 is 4.90 Å². The Morgan fingerprint density at radius 2 is 1.79 bits per heavy atom. The number of benzene rings is 2. The number of Topliss-reactive ketones (excluding diaryl/α,β-unsaturated/α-hetero) is 1. The Bertz CT molecular complexity index is 1140. The summed E-state index contributed by atoms with van der Waals surface area (Å²) in [5, 5.41) is 0.429. The molecule has 1 heterocycles. The number of carbonyl (C=O) groups is 2. The second kappa shape index (κ2) is 10.3. The molecule has 2 aromatic carbocycles. The molecule has 0 N–H and O–H groups in total. The zero-order valence-electron chi connectivity index (χ0n) is 18.6. The molecule has 0 bridgehead atoms. The van der Waals surface area contributed by atoms with Crippen molar-refractivity contribution in [1.82, 2.24) is 4.98 Å². The van der Waals surface area contributed by atoms with E-state index in [4.69, 9.17) is 11.6 Å². The lowest BCUT2D eigenvalue weighted by Gasteiger charge is -2.37. The standard InChI is InChI=1S/C27H26ClFN2O2/c1-2-27(33)31(22-4-3-5-22)24-13-12-21(16-23(24)29)19-8-10-20(11-9-19)25(32)14-6-18-7-15-26(28)30-17-18/h7-13,15-17,22H,2-6,14H2,1H3. The van der Waals surface area contributed by atoms with Crippen LogP contribution in [0.5, 0.6) is 0 Å². The SMILES string of the molecule is CCC(=O)N(c1ccc(-c2ccc(C(=O)CCc3ccc(Cl)nc3)cc2)cc1F)C1CCC1. The van der Waals surface area contributed by atoms with Crippen molar-refractivity contribution >= 4 is 29.0 Å². The number of ketones is 1. The number of halogens is 2. The van der Waals surface area contributed by atoms with Crippen LogP contribution in [0.3, 0.4) is 0 Å². The van der Waals surface area contributed by atoms with Crippen LogP contribution in [-0.2, 0) is 11.2 Å². The maximum Gasteiger partial charge on any atom is 0.227 e. The van der Waals surface area contributed by atoms with Gasteiger partial charge in [0.25, 0.3) is 0 Å². The van der Waals surface area contributed by atoms with Gasteiger partial charge in [0.1, 0.15) is 11.0 Å². The molecule has 1 amide bonds. The Hall–Kier alpha value is -3.05. The molecule has 0 saturated heterocycles. The average molecular weight is 465 g/mol. The molecule has 170 valence electrons. The molecule has 0 spiro atoms. The van der Waals surface area contributed by atoms with Crippen molar-refractivity contribution in [3.8, 4) is 11.1 Å². The number of rotatable bonds is 8. The molecule has 1 saturated carbocycles. The van der Waals surface area contributed by atoms with Gasteiger partial charge in [-0.25, -0.2) is 9.37 Å². The molecular formula is C27H26ClFN2O2. The molecular weight excluding hydrogens is 439 g/mol. The van der Waals surface area contributed by atoms with Crippen LogP contribution in [-0.4, -0.2) is 22.7 Å². The van der Waals surface area contributed by atoms with E-state index in [1.54, 1.807) is 42.3 Å². The van der Waals surface area contributed by atoms with Crippen molar-refractivity contribution < 1.29 is 14.0 Å². The number of hydrogen-bond donors (Lipinski definition) is 0. The van der Waals surface area contributed by atoms with Gasteiger partial charge in [-0.1, -0.05) is 54.9 Å². The molecule has 0 aliphatic heterocycles. The van der Waals surface area contributed by atoms with Crippen molar-refractivity contribution in [2.75, 3.05) is 4.90 Å². The van der Waals surface area contributed by atoms with Gasteiger partial charge in [0.2, 0.25) is 5.91 Å². The van der Waals surface area contributed by atoms with Crippen LogP contribution in [0.25, 0.3) is 11.1 Å². The molecule has 1 fully saturated rings. The number of hydrogen-bond acceptors (Lipinski definition) is 3. The van der Waals surface area contributed by atoms with Gasteiger partial charge in [0.05, 0.1) is 5.69 Å². The van der Waals surface area contributed by atoms with Crippen molar-refractivity contribution in [3.63, 3.8) is 0 Å². The van der Waals surface area contributed by atoms with Gasteiger partial charge in [-0.15, -0.1) is 0 Å². The first-order valence-electron chi connectivity index (χ1n) is 11.3. The van der Waals surface area contributed by atoms with Crippen molar-refractivity contribution in [2.24, 2.45) is 0 Å². The Labute approximate surface area is 198 Å². The van der Waals surface area contributed by atoms with Gasteiger partial charge in [0, 0.05) is 30.6 Å². The minimum atomic E-state index is -0.405. The molecule has 33 heavy (non-hydrogen) atoms. The van der Waals surface area contributed by atoms with E-state index in [1.807, 2.05) is 24.3 Å². The van der Waals surface area contributed by atoms with Crippen molar-refractivity contribution in [2.45, 2.75) is 51.5 Å². The molecule has 1 aliphatic carbocycles. The number of amides is 1. The van der Waals surface area contributed by atoms with Gasteiger partial charge in [-0.05, 0) is 60.6 Å². The zero-order chi connectivity index (χ0) is 23.4. The predicted molar refractivity (Wildman–Crippen MR) is 129 cm³/mol. The fraction of sp³-hybridized carbons (Fsp3) is 0.296. The monoisotopic (exact) mass is 464 g/mol. The molecule has 0 unspecified atom stereocenters. The minimum absolute atomic E-state index is 0.0345. The highest BCUT2D eigenvalue weighted by Crippen LogP contribution is 2.34. The van der Waals surface area contributed by atoms with Gasteiger partial charge in [0.15, 0.2) is 5.78 Å². The number of aromatic nitrogens is 1. The topological polar surface area (TPSA) is 50.3 Å². The summed E-state index contributed by atoms with van der Waals surface area (Å²) < 4.78 is 15.0. The van der Waals surface area contributed by atoms with Crippen LogP contribution in [0, 0.1) is 5.82 Å². The number of aryl methyl sites for hydroxylation is 1. The zero-order valence-corrected chi connectivity index (χ0v) is 19.3. The van der Waals surface area contributed by atoms with Gasteiger partial charge in [-0.2, -0.15) is 0 Å². The highest BCUT2D eigenvalue weighted by Gasteiger charge is 2.30. The quantitative estimate of drug-likeness (QED) is 0.277. The number of carbonyl (C=O) groups excluding carboxylic acids is 2. The van der Waals surface area contributed by atoms with E-state index in [-0.39, 0.29) is 17.7 Å². The van der Waals surface area contributed by atoms with Crippen LogP contribution < -0.4 is 4.90 Å². The molecule has 1 aromatic heterocycles. The van der Waals surface area contributed by atoms with Crippen LogP contribution >= 0.6 is 11.6 Å². The number of pyridine rings is 1. The third kappa shape index (κ3) is 5.31. The Balaban J connectivity index is 1.46. The number of anilines is 1. The lowest BCUT2D eigenvalue weighted by molar-refractivity contribution is -0.119. The summed E-state index contributed by atoms with van der Waals surface area (Å²) in [6.07, 6.45) is 5.88. The van der Waals surface area contributed by atoms with Crippen LogP contribution in [0.2, 0.25) is 5.15 Å². The third-order valence-corrected chi connectivity index (χ3v) is 6.41. The molecule has 3 aromatic rings. The van der Waals surface area contributed by atoms with E-state index in [2.05, 4.69) is 4.98 Å². The average Bonchev–Trinajstić information content (AvgIpc) is 2.80. The summed E-state index contributed by atoms with van der Waals surface area (Å²) in [5.74, 6) is -0.422. The third-order valence-electron chi connectivity index (χ3n) is 6.19. The largest absolute Gasteiger partial charge is 0.307 e. The summed E-state index contributed by atoms with van der Waals surface area (Å²) in [6.45, 7) is 1.80. The molecule has 4 rings (SSSR count). The van der Waals surface area contributed by atoms with E-state index < -0.39 is 5.82 Å². The maximum atomic E-state index is 15.0. The fourth-order valence-electron chi connectivity index (χ4n) is 4.04. The molecule has 0 atom stereocenters. The fourth-order valence-corrected chi connectivity index (χ4v) is 4.15. The first-order chi connectivity index (χ1) is 16.0. The second-order valence-electron chi connectivity index (χ2n) is 8.36. The molecule has 1 aliphatic rings. The van der Waals surface area contributed by atoms with Gasteiger partial charge >= 0.3 is 0 Å². The summed E-state index contributed by atoms with van der Waals surface area (Å²) >= 11 is 5.79. The molecule has 0 radical (unpaired) electrons. The highest BCUT2D eigenvalue weighted by molar-refractivity contribution is 6.29. The molecule has 4 nitrogen and oxygen atoms in total. The van der Waals surface area contributed by atoms with E-state index in [0.29, 0.717) is 41.2 Å². The lowest BCUT2D eigenvalue weighted by Crippen LogP contribution is -2.44. The maximum absolute atomic E-state index is 15.0. The van der Waals surface area contributed by atoms with E-state index in [9.17, 15) is 9.59 Å². The summed E-state index contributed by atoms with van der Waals surface area (Å²) in [6, 6.07) is 15.8. The predicted octanol–water partition coefficient (Wildman–Crippen LogP) is 6.65. The normalized spacial score (nSPS) is 13.4. The van der Waals surface area contributed by atoms with E-state index in [1.165, 1.54) is 6.07 Å². The summed E-state index contributed by atoms with van der Waals surface area (Å²) in [5.41, 5.74) is 3.44.